The van der Waals surface area contributed by atoms with Crippen molar-refractivity contribution < 1.29 is 31.1 Å². The molecule has 0 aliphatic heterocycles. The Hall–Kier alpha value is -4.40. The van der Waals surface area contributed by atoms with Gasteiger partial charge in [0.2, 0.25) is 5.88 Å². The van der Waals surface area contributed by atoms with Crippen molar-refractivity contribution in [3.8, 4) is 17.7 Å². The standard InChI is InChI=1S/C24H14F6N4O2/c25-13-9-17(26)21(18(27)10-13)20(4-1-7-31)34-12-33-22(35)15-11-14(5-6-19(15)34)36-23-16(24(28,29)30)3-2-8-32-23/h2-3,5-6,8-12,20H,1,4H2. The molecule has 0 aliphatic rings. The van der Waals surface area contributed by atoms with E-state index in [2.05, 4.69) is 9.97 Å². The summed E-state index contributed by atoms with van der Waals surface area (Å²) in [6, 6.07) is 7.19. The number of aromatic nitrogens is 3. The van der Waals surface area contributed by atoms with Crippen LogP contribution in [0.1, 0.15) is 30.0 Å². The fourth-order valence-electron chi connectivity index (χ4n) is 3.76. The van der Waals surface area contributed by atoms with Crippen molar-refractivity contribution in [2.45, 2.75) is 25.1 Å². The van der Waals surface area contributed by atoms with Crippen LogP contribution in [0.5, 0.6) is 11.6 Å². The largest absolute Gasteiger partial charge is 0.438 e. The van der Waals surface area contributed by atoms with E-state index in [9.17, 15) is 31.1 Å². The molecular weight excluding hydrogens is 490 g/mol. The summed E-state index contributed by atoms with van der Waals surface area (Å²) in [5.74, 6) is -4.44. The van der Waals surface area contributed by atoms with Crippen molar-refractivity contribution in [3.63, 3.8) is 0 Å². The molecule has 0 saturated carbocycles. The van der Waals surface area contributed by atoms with Crippen molar-refractivity contribution in [2.24, 2.45) is 0 Å². The number of nitrogens with zero attached hydrogens (tertiary/aromatic N) is 4. The number of hydrogen-bond acceptors (Lipinski definition) is 5. The molecule has 0 N–H and O–H groups in total. The number of ether oxygens (including phenoxy) is 1. The van der Waals surface area contributed by atoms with Crippen LogP contribution in [0.25, 0.3) is 10.9 Å². The number of nitriles is 1. The first-order valence-corrected chi connectivity index (χ1v) is 10.3. The minimum Gasteiger partial charge on any atom is -0.438 e. The SMILES string of the molecule is N#CCCC(c1c(F)cc(F)cc1F)n1cnc(=O)c2cc(Oc3ncccc3C(F)(F)F)ccc21. The van der Waals surface area contributed by atoms with Gasteiger partial charge in [-0.15, -0.1) is 0 Å². The van der Waals surface area contributed by atoms with E-state index in [0.717, 1.165) is 30.7 Å². The van der Waals surface area contributed by atoms with Crippen LogP contribution in [-0.2, 0) is 6.18 Å². The lowest BCUT2D eigenvalue weighted by Crippen LogP contribution is -2.20. The molecule has 1 unspecified atom stereocenters. The predicted octanol–water partition coefficient (Wildman–Crippen LogP) is 5.91. The van der Waals surface area contributed by atoms with Crippen LogP contribution in [0.2, 0.25) is 0 Å². The Balaban J connectivity index is 1.84. The summed E-state index contributed by atoms with van der Waals surface area (Å²) in [6.45, 7) is 0. The van der Waals surface area contributed by atoms with Crippen molar-refractivity contribution in [1.29, 1.82) is 5.26 Å². The molecule has 0 bridgehead atoms. The highest BCUT2D eigenvalue weighted by molar-refractivity contribution is 5.80. The summed E-state index contributed by atoms with van der Waals surface area (Å²) in [6.07, 6.45) is -2.87. The molecule has 0 spiro atoms. The second-order valence-electron chi connectivity index (χ2n) is 7.59. The number of hydrogen-bond donors (Lipinski definition) is 0. The molecule has 2 heterocycles. The molecule has 4 rings (SSSR count). The lowest BCUT2D eigenvalue weighted by Gasteiger charge is -2.23. The Kier molecular flexibility index (Phi) is 6.65. The van der Waals surface area contributed by atoms with E-state index in [0.29, 0.717) is 12.1 Å². The molecular formula is C24H14F6N4O2. The monoisotopic (exact) mass is 504 g/mol. The lowest BCUT2D eigenvalue weighted by atomic mass is 9.99. The average molecular weight is 504 g/mol. The fraction of sp³-hybridized carbons (Fsp3) is 0.167. The van der Waals surface area contributed by atoms with Gasteiger partial charge >= 0.3 is 6.18 Å². The van der Waals surface area contributed by atoms with Crippen LogP contribution >= 0.6 is 0 Å². The number of pyridine rings is 1. The van der Waals surface area contributed by atoms with Gasteiger partial charge in [0.15, 0.2) is 0 Å². The fourth-order valence-corrected chi connectivity index (χ4v) is 3.76. The van der Waals surface area contributed by atoms with Crippen molar-refractivity contribution >= 4 is 10.9 Å². The van der Waals surface area contributed by atoms with Crippen molar-refractivity contribution in [1.82, 2.24) is 14.5 Å². The van der Waals surface area contributed by atoms with Crippen LogP contribution in [0, 0.1) is 28.8 Å². The van der Waals surface area contributed by atoms with Crippen molar-refractivity contribution in [2.75, 3.05) is 0 Å². The molecule has 0 aliphatic carbocycles. The molecule has 184 valence electrons. The second-order valence-corrected chi connectivity index (χ2v) is 7.59. The normalized spacial score (nSPS) is 12.4. The minimum atomic E-state index is -4.74. The van der Waals surface area contributed by atoms with Gasteiger partial charge in [-0.05, 0) is 36.8 Å². The summed E-state index contributed by atoms with van der Waals surface area (Å²) >= 11 is 0. The summed E-state index contributed by atoms with van der Waals surface area (Å²) in [4.78, 5) is 19.8. The van der Waals surface area contributed by atoms with Gasteiger partial charge in [0.05, 0.1) is 29.3 Å². The highest BCUT2D eigenvalue weighted by Crippen LogP contribution is 2.37. The molecule has 2 aromatic carbocycles. The van der Waals surface area contributed by atoms with Gasteiger partial charge in [-0.25, -0.2) is 18.2 Å². The lowest BCUT2D eigenvalue weighted by molar-refractivity contribution is -0.138. The molecule has 0 fully saturated rings. The second kappa shape index (κ2) is 9.69. The Morgan fingerprint density at radius 3 is 2.44 bits per heavy atom. The van der Waals surface area contributed by atoms with Gasteiger partial charge in [0, 0.05) is 30.3 Å². The zero-order chi connectivity index (χ0) is 26.0. The molecule has 2 aromatic heterocycles. The molecule has 0 saturated heterocycles. The average Bonchev–Trinajstić information content (AvgIpc) is 2.81. The van der Waals surface area contributed by atoms with Crippen molar-refractivity contribution in [3.05, 3.63) is 93.9 Å². The van der Waals surface area contributed by atoms with E-state index < -0.39 is 52.2 Å². The summed E-state index contributed by atoms with van der Waals surface area (Å²) in [7, 11) is 0. The summed E-state index contributed by atoms with van der Waals surface area (Å²) < 4.78 is 89.0. The van der Waals surface area contributed by atoms with Gasteiger partial charge in [0.1, 0.15) is 28.8 Å². The van der Waals surface area contributed by atoms with E-state index in [-0.39, 0.29) is 29.5 Å². The number of alkyl halides is 3. The van der Waals surface area contributed by atoms with E-state index in [1.54, 1.807) is 0 Å². The van der Waals surface area contributed by atoms with E-state index in [1.807, 2.05) is 6.07 Å². The van der Waals surface area contributed by atoms with Gasteiger partial charge in [-0.2, -0.15) is 23.4 Å². The smallest absolute Gasteiger partial charge is 0.421 e. The first kappa shape index (κ1) is 24.7. The van der Waals surface area contributed by atoms with Gasteiger partial charge in [0.25, 0.3) is 5.56 Å². The Bertz CT molecular complexity index is 1520. The van der Waals surface area contributed by atoms with Gasteiger partial charge in [-0.3, -0.25) is 4.79 Å². The highest BCUT2D eigenvalue weighted by atomic mass is 19.4. The minimum absolute atomic E-state index is 0.102. The Labute approximate surface area is 199 Å². The quantitative estimate of drug-likeness (QED) is 0.305. The summed E-state index contributed by atoms with van der Waals surface area (Å²) in [5.41, 5.74) is -2.36. The Morgan fingerprint density at radius 1 is 1.06 bits per heavy atom. The van der Waals surface area contributed by atoms with Crippen LogP contribution in [0.15, 0.2) is 59.8 Å². The molecule has 12 heteroatoms. The van der Waals surface area contributed by atoms with Gasteiger partial charge < -0.3 is 9.30 Å². The third kappa shape index (κ3) is 4.86. The first-order chi connectivity index (χ1) is 17.1. The maximum absolute atomic E-state index is 14.6. The van der Waals surface area contributed by atoms with E-state index in [1.165, 1.54) is 16.7 Å². The zero-order valence-corrected chi connectivity index (χ0v) is 18.1. The van der Waals surface area contributed by atoms with Crippen LogP contribution < -0.4 is 10.3 Å². The molecule has 0 amide bonds. The number of rotatable bonds is 6. The third-order valence-corrected chi connectivity index (χ3v) is 5.31. The third-order valence-electron chi connectivity index (χ3n) is 5.31. The predicted molar refractivity (Wildman–Crippen MR) is 115 cm³/mol. The number of benzene rings is 2. The zero-order valence-electron chi connectivity index (χ0n) is 18.1. The molecule has 6 nitrogen and oxygen atoms in total. The van der Waals surface area contributed by atoms with E-state index in [4.69, 9.17) is 10.00 Å². The molecule has 36 heavy (non-hydrogen) atoms. The topological polar surface area (TPSA) is 80.8 Å². The Morgan fingerprint density at radius 2 is 1.78 bits per heavy atom. The number of fused-ring (bicyclic) bond motifs is 1. The van der Waals surface area contributed by atoms with E-state index >= 15 is 0 Å². The molecule has 0 radical (unpaired) electrons. The maximum Gasteiger partial charge on any atom is 0.421 e. The van der Waals surface area contributed by atoms with Crippen LogP contribution in [-0.4, -0.2) is 14.5 Å². The summed E-state index contributed by atoms with van der Waals surface area (Å²) in [5, 5.41) is 8.90. The maximum atomic E-state index is 14.6. The molecule has 4 aromatic rings. The highest BCUT2D eigenvalue weighted by Gasteiger charge is 2.35. The van der Waals surface area contributed by atoms with Gasteiger partial charge in [-0.1, -0.05) is 0 Å². The van der Waals surface area contributed by atoms with Crippen LogP contribution in [0.4, 0.5) is 26.3 Å². The molecule has 1 atom stereocenters. The van der Waals surface area contributed by atoms with Crippen LogP contribution in [0.3, 0.4) is 0 Å². The number of halogens is 6. The first-order valence-electron chi connectivity index (χ1n) is 10.3.